The van der Waals surface area contributed by atoms with Crippen molar-refractivity contribution in [1.29, 1.82) is 0 Å². The van der Waals surface area contributed by atoms with Crippen molar-refractivity contribution < 1.29 is 26.8 Å². The second-order valence-corrected chi connectivity index (χ2v) is 8.34. The molecule has 0 atom stereocenters. The molecular weight excluding hydrogens is 382 g/mol. The molecule has 1 heterocycles. The van der Waals surface area contributed by atoms with E-state index in [1.807, 2.05) is 0 Å². The highest BCUT2D eigenvalue weighted by molar-refractivity contribution is 7.89. The molecule has 0 aliphatic carbocycles. The maximum Gasteiger partial charge on any atom is 0.321 e. The second-order valence-electron chi connectivity index (χ2n) is 6.43. The molecule has 1 aromatic rings. The van der Waals surface area contributed by atoms with E-state index in [-0.39, 0.29) is 38.8 Å². The highest BCUT2D eigenvalue weighted by Crippen LogP contribution is 2.21. The molecule has 150 valence electrons. The van der Waals surface area contributed by atoms with Crippen molar-refractivity contribution in [3.8, 4) is 0 Å². The Morgan fingerprint density at radius 3 is 2.37 bits per heavy atom. The van der Waals surface area contributed by atoms with Crippen LogP contribution >= 0.6 is 0 Å². The van der Waals surface area contributed by atoms with Crippen LogP contribution in [0.2, 0.25) is 0 Å². The third-order valence-corrected chi connectivity index (χ3v) is 5.80. The number of hydrogen-bond acceptors (Lipinski definition) is 5. The lowest BCUT2D eigenvalue weighted by molar-refractivity contribution is -0.121. The molecule has 2 N–H and O–H groups in total. The zero-order valence-corrected chi connectivity index (χ0v) is 15.9. The predicted octanol–water partition coefficient (Wildman–Crippen LogP) is 0.505. The monoisotopic (exact) mass is 404 g/mol. The highest BCUT2D eigenvalue weighted by Gasteiger charge is 2.31. The lowest BCUT2D eigenvalue weighted by atomic mass is 10.3. The third kappa shape index (κ3) is 5.68. The zero-order valence-electron chi connectivity index (χ0n) is 15.0. The molecule has 8 nitrogen and oxygen atoms in total. The number of hydrogen-bond donors (Lipinski definition) is 2. The first-order valence-corrected chi connectivity index (χ1v) is 9.81. The van der Waals surface area contributed by atoms with E-state index in [1.54, 1.807) is 18.7 Å². The summed E-state index contributed by atoms with van der Waals surface area (Å²) in [6, 6.07) is 1.55. The Labute approximate surface area is 156 Å². The molecule has 0 unspecified atom stereocenters. The van der Waals surface area contributed by atoms with Gasteiger partial charge < -0.3 is 5.32 Å². The maximum atomic E-state index is 13.8. The van der Waals surface area contributed by atoms with Gasteiger partial charge in [0.15, 0.2) is 0 Å². The first-order valence-electron chi connectivity index (χ1n) is 8.37. The fraction of sp³-hybridized carbons (Fsp3) is 0.500. The van der Waals surface area contributed by atoms with Gasteiger partial charge in [-0.1, -0.05) is 0 Å². The Hall–Kier alpha value is -2.11. The largest absolute Gasteiger partial charge is 0.336 e. The number of nitrogens with one attached hydrogen (secondary N) is 2. The van der Waals surface area contributed by atoms with Crippen LogP contribution in [0.25, 0.3) is 0 Å². The van der Waals surface area contributed by atoms with Gasteiger partial charge in [-0.3, -0.25) is 15.0 Å². The molecule has 0 radical (unpaired) electrons. The van der Waals surface area contributed by atoms with Crippen LogP contribution in [0, 0.1) is 11.6 Å². The normalized spacial score (nSPS) is 16.3. The number of piperazine rings is 1. The molecular formula is C16H22F2N4O4S. The molecule has 0 aromatic heterocycles. The molecule has 27 heavy (non-hydrogen) atoms. The van der Waals surface area contributed by atoms with Crippen molar-refractivity contribution >= 4 is 22.0 Å². The summed E-state index contributed by atoms with van der Waals surface area (Å²) >= 11 is 0. The van der Waals surface area contributed by atoms with Crippen molar-refractivity contribution in [1.82, 2.24) is 19.8 Å². The van der Waals surface area contributed by atoms with Crippen molar-refractivity contribution in [3.63, 3.8) is 0 Å². The number of nitrogens with zero attached hydrogens (tertiary/aromatic N) is 2. The fourth-order valence-electron chi connectivity index (χ4n) is 2.61. The van der Waals surface area contributed by atoms with E-state index in [9.17, 15) is 26.8 Å². The van der Waals surface area contributed by atoms with Gasteiger partial charge in [-0.25, -0.2) is 22.0 Å². The Balaban J connectivity index is 1.92. The van der Waals surface area contributed by atoms with Gasteiger partial charge in [-0.05, 0) is 32.0 Å². The number of benzene rings is 1. The van der Waals surface area contributed by atoms with Gasteiger partial charge >= 0.3 is 6.03 Å². The Morgan fingerprint density at radius 2 is 1.78 bits per heavy atom. The topological polar surface area (TPSA) is 98.8 Å². The predicted molar refractivity (Wildman–Crippen MR) is 93.4 cm³/mol. The van der Waals surface area contributed by atoms with E-state index in [1.165, 1.54) is 0 Å². The molecule has 0 bridgehead atoms. The molecule has 1 aromatic carbocycles. The summed E-state index contributed by atoms with van der Waals surface area (Å²) in [5, 5.41) is 4.71. The van der Waals surface area contributed by atoms with Crippen LogP contribution in [0.3, 0.4) is 0 Å². The molecule has 2 rings (SSSR count). The van der Waals surface area contributed by atoms with E-state index in [0.29, 0.717) is 6.07 Å². The van der Waals surface area contributed by atoms with Crippen LogP contribution in [0.15, 0.2) is 23.1 Å². The molecule has 1 aliphatic heterocycles. The standard InChI is InChI=1S/C16H22F2N4O4S/c1-11(2)19-16(24)20-15(23)10-21-5-7-22(8-6-21)27(25,26)14-9-12(17)3-4-13(14)18/h3-4,9,11H,5-8,10H2,1-2H3,(H2,19,20,23,24). The average Bonchev–Trinajstić information content (AvgIpc) is 2.56. The lowest BCUT2D eigenvalue weighted by Crippen LogP contribution is -2.52. The maximum absolute atomic E-state index is 13.8. The van der Waals surface area contributed by atoms with Crippen LogP contribution in [0.1, 0.15) is 13.8 Å². The number of halogens is 2. The first-order chi connectivity index (χ1) is 12.6. The van der Waals surface area contributed by atoms with Crippen LogP contribution < -0.4 is 10.6 Å². The summed E-state index contributed by atoms with van der Waals surface area (Å²) in [4.78, 5) is 24.3. The SMILES string of the molecule is CC(C)NC(=O)NC(=O)CN1CCN(S(=O)(=O)c2cc(F)ccc2F)CC1. The quantitative estimate of drug-likeness (QED) is 0.745. The number of imide groups is 1. The van der Waals surface area contributed by atoms with Gasteiger partial charge in [0, 0.05) is 32.2 Å². The number of rotatable bonds is 5. The van der Waals surface area contributed by atoms with Crippen LogP contribution in [-0.2, 0) is 14.8 Å². The molecule has 11 heteroatoms. The van der Waals surface area contributed by atoms with E-state index < -0.39 is 38.5 Å². The summed E-state index contributed by atoms with van der Waals surface area (Å²) < 4.78 is 53.2. The zero-order chi connectivity index (χ0) is 20.2. The summed E-state index contributed by atoms with van der Waals surface area (Å²) in [5.74, 6) is -2.38. The number of amides is 3. The Kier molecular flexibility index (Phi) is 6.84. The molecule has 3 amide bonds. The minimum Gasteiger partial charge on any atom is -0.336 e. The van der Waals surface area contributed by atoms with Crippen molar-refractivity contribution in [3.05, 3.63) is 29.8 Å². The van der Waals surface area contributed by atoms with E-state index in [2.05, 4.69) is 10.6 Å². The van der Waals surface area contributed by atoms with Gasteiger partial charge in [0.05, 0.1) is 6.54 Å². The van der Waals surface area contributed by atoms with Crippen molar-refractivity contribution in [2.24, 2.45) is 0 Å². The van der Waals surface area contributed by atoms with Crippen LogP contribution in [0.5, 0.6) is 0 Å². The highest BCUT2D eigenvalue weighted by atomic mass is 32.2. The average molecular weight is 404 g/mol. The number of carbonyl (C=O) groups is 2. The Morgan fingerprint density at radius 1 is 1.15 bits per heavy atom. The van der Waals surface area contributed by atoms with Gasteiger partial charge in [-0.15, -0.1) is 0 Å². The summed E-state index contributed by atoms with van der Waals surface area (Å²) in [5.41, 5.74) is 0. The van der Waals surface area contributed by atoms with E-state index in [0.717, 1.165) is 16.4 Å². The lowest BCUT2D eigenvalue weighted by Gasteiger charge is -2.33. The molecule has 1 fully saturated rings. The minimum absolute atomic E-state index is 0.0176. The summed E-state index contributed by atoms with van der Waals surface area (Å²) in [6.07, 6.45) is 0. The molecule has 0 spiro atoms. The van der Waals surface area contributed by atoms with Gasteiger partial charge in [0.1, 0.15) is 16.5 Å². The van der Waals surface area contributed by atoms with Gasteiger partial charge in [0.25, 0.3) is 0 Å². The van der Waals surface area contributed by atoms with Crippen LogP contribution in [0.4, 0.5) is 13.6 Å². The minimum atomic E-state index is -4.17. The molecule has 1 aliphatic rings. The fourth-order valence-corrected chi connectivity index (χ4v) is 4.11. The van der Waals surface area contributed by atoms with E-state index >= 15 is 0 Å². The van der Waals surface area contributed by atoms with Crippen molar-refractivity contribution in [2.45, 2.75) is 24.8 Å². The van der Waals surface area contributed by atoms with Crippen LogP contribution in [-0.4, -0.2) is 68.3 Å². The van der Waals surface area contributed by atoms with Crippen molar-refractivity contribution in [2.75, 3.05) is 32.7 Å². The molecule has 0 saturated carbocycles. The number of carbonyl (C=O) groups excluding carboxylic acids is 2. The first kappa shape index (κ1) is 21.2. The summed E-state index contributed by atoms with van der Waals surface area (Å²) in [6.45, 7) is 3.91. The van der Waals surface area contributed by atoms with Gasteiger partial charge in [-0.2, -0.15) is 4.31 Å². The summed E-state index contributed by atoms with van der Waals surface area (Å²) in [7, 11) is -4.17. The number of urea groups is 1. The third-order valence-electron chi connectivity index (χ3n) is 3.88. The second kappa shape index (κ2) is 8.72. The van der Waals surface area contributed by atoms with E-state index in [4.69, 9.17) is 0 Å². The van der Waals surface area contributed by atoms with Gasteiger partial charge in [0.2, 0.25) is 15.9 Å². The number of sulfonamides is 1. The Bertz CT molecular complexity index is 809. The smallest absolute Gasteiger partial charge is 0.321 e. The molecule has 1 saturated heterocycles.